The van der Waals surface area contributed by atoms with E-state index in [1.807, 2.05) is 26.0 Å². The van der Waals surface area contributed by atoms with Crippen LogP contribution in [-0.2, 0) is 4.79 Å². The van der Waals surface area contributed by atoms with Gasteiger partial charge < -0.3 is 14.7 Å². The molecule has 0 radical (unpaired) electrons. The molecule has 0 fully saturated rings. The number of carbonyl (C=O) groups excluding carboxylic acids is 1. The van der Waals surface area contributed by atoms with Gasteiger partial charge in [-0.2, -0.15) is 0 Å². The summed E-state index contributed by atoms with van der Waals surface area (Å²) in [4.78, 5) is 23.5. The Hall–Kier alpha value is -2.04. The van der Waals surface area contributed by atoms with Crippen LogP contribution in [0.3, 0.4) is 0 Å². The van der Waals surface area contributed by atoms with E-state index in [1.54, 1.807) is 12.1 Å². The molecule has 0 aromatic heterocycles. The monoisotopic (exact) mass is 265 g/mol. The Morgan fingerprint density at radius 2 is 1.95 bits per heavy atom. The molecule has 0 saturated carbocycles. The van der Waals surface area contributed by atoms with Crippen molar-refractivity contribution in [1.29, 1.82) is 0 Å². The molecule has 1 N–H and O–H groups in total. The second-order valence-electron chi connectivity index (χ2n) is 4.63. The Kier molecular flexibility index (Phi) is 5.36. The van der Waals surface area contributed by atoms with Gasteiger partial charge in [0.2, 0.25) is 0 Å². The Balaban J connectivity index is 2.69. The second kappa shape index (κ2) is 6.78. The molecule has 5 nitrogen and oxygen atoms in total. The van der Waals surface area contributed by atoms with Crippen molar-refractivity contribution in [3.05, 3.63) is 29.8 Å². The summed E-state index contributed by atoms with van der Waals surface area (Å²) < 4.78 is 5.29. The van der Waals surface area contributed by atoms with Crippen molar-refractivity contribution in [2.75, 3.05) is 13.6 Å². The lowest BCUT2D eigenvalue weighted by Crippen LogP contribution is -2.31. The molecule has 0 saturated heterocycles. The number of carbonyl (C=O) groups is 2. The van der Waals surface area contributed by atoms with Crippen LogP contribution in [0.1, 0.15) is 31.7 Å². The Bertz CT molecular complexity index is 457. The van der Waals surface area contributed by atoms with Crippen LogP contribution in [0.2, 0.25) is 0 Å². The predicted molar refractivity (Wildman–Crippen MR) is 71.4 cm³/mol. The third kappa shape index (κ3) is 4.62. The van der Waals surface area contributed by atoms with Crippen molar-refractivity contribution in [2.24, 2.45) is 0 Å². The third-order valence-electron chi connectivity index (χ3n) is 2.71. The fourth-order valence-electron chi connectivity index (χ4n) is 1.58. The van der Waals surface area contributed by atoms with E-state index in [0.29, 0.717) is 5.75 Å². The minimum absolute atomic E-state index is 0.0998. The van der Waals surface area contributed by atoms with Gasteiger partial charge in [0.05, 0.1) is 6.42 Å². The SMILES string of the molecule is CC(C)c1ccccc1OC(=O)N(C)CCC(=O)O. The first-order chi connectivity index (χ1) is 8.91. The number of hydrogen-bond acceptors (Lipinski definition) is 3. The first kappa shape index (κ1) is 15.0. The molecule has 0 aliphatic carbocycles. The maximum Gasteiger partial charge on any atom is 0.414 e. The van der Waals surface area contributed by atoms with Crippen molar-refractivity contribution >= 4 is 12.1 Å². The summed E-state index contributed by atoms with van der Waals surface area (Å²) in [6.45, 7) is 4.15. The zero-order valence-corrected chi connectivity index (χ0v) is 11.4. The molecule has 0 bridgehead atoms. The van der Waals surface area contributed by atoms with E-state index in [9.17, 15) is 9.59 Å². The number of para-hydroxylation sites is 1. The van der Waals surface area contributed by atoms with Crippen LogP contribution in [0.25, 0.3) is 0 Å². The highest BCUT2D eigenvalue weighted by Crippen LogP contribution is 2.26. The number of amides is 1. The summed E-state index contributed by atoms with van der Waals surface area (Å²) in [6, 6.07) is 7.33. The summed E-state index contributed by atoms with van der Waals surface area (Å²) in [6.07, 6.45) is -0.647. The summed E-state index contributed by atoms with van der Waals surface area (Å²) in [5.74, 6) is -0.180. The Morgan fingerprint density at radius 3 is 2.53 bits per heavy atom. The largest absolute Gasteiger partial charge is 0.481 e. The zero-order valence-electron chi connectivity index (χ0n) is 11.4. The quantitative estimate of drug-likeness (QED) is 0.888. The van der Waals surface area contributed by atoms with E-state index >= 15 is 0 Å². The van der Waals surface area contributed by atoms with Crippen molar-refractivity contribution in [1.82, 2.24) is 4.90 Å². The minimum Gasteiger partial charge on any atom is -0.481 e. The van der Waals surface area contributed by atoms with Crippen LogP contribution in [-0.4, -0.2) is 35.7 Å². The molecular formula is C14H19NO4. The normalized spacial score (nSPS) is 10.3. The van der Waals surface area contributed by atoms with Crippen molar-refractivity contribution in [2.45, 2.75) is 26.2 Å². The Labute approximate surface area is 112 Å². The van der Waals surface area contributed by atoms with Crippen LogP contribution in [0.5, 0.6) is 5.75 Å². The molecule has 1 rings (SSSR count). The minimum atomic E-state index is -0.942. The molecule has 0 aliphatic rings. The van der Waals surface area contributed by atoms with Crippen LogP contribution in [0, 0.1) is 0 Å². The maximum absolute atomic E-state index is 11.8. The highest BCUT2D eigenvalue weighted by molar-refractivity contribution is 5.72. The molecule has 0 aliphatic heterocycles. The zero-order chi connectivity index (χ0) is 14.4. The molecule has 1 amide bonds. The summed E-state index contributed by atoms with van der Waals surface area (Å²) in [5, 5.41) is 8.57. The van der Waals surface area contributed by atoms with Gasteiger partial charge in [-0.05, 0) is 17.5 Å². The summed E-state index contributed by atoms with van der Waals surface area (Å²) in [5.41, 5.74) is 0.947. The third-order valence-corrected chi connectivity index (χ3v) is 2.71. The van der Waals surface area contributed by atoms with E-state index < -0.39 is 12.1 Å². The number of ether oxygens (including phenoxy) is 1. The number of aliphatic carboxylic acids is 1. The van der Waals surface area contributed by atoms with E-state index in [4.69, 9.17) is 9.84 Å². The van der Waals surface area contributed by atoms with E-state index in [-0.39, 0.29) is 18.9 Å². The van der Waals surface area contributed by atoms with E-state index in [2.05, 4.69) is 0 Å². The first-order valence-electron chi connectivity index (χ1n) is 6.15. The molecule has 0 heterocycles. The topological polar surface area (TPSA) is 66.8 Å². The molecule has 19 heavy (non-hydrogen) atoms. The first-order valence-corrected chi connectivity index (χ1v) is 6.15. The highest BCUT2D eigenvalue weighted by Gasteiger charge is 2.15. The van der Waals surface area contributed by atoms with Crippen LogP contribution in [0.15, 0.2) is 24.3 Å². The van der Waals surface area contributed by atoms with Crippen LogP contribution in [0.4, 0.5) is 4.79 Å². The number of carboxylic acid groups (broad SMARTS) is 1. The van der Waals surface area contributed by atoms with Gasteiger partial charge in [-0.3, -0.25) is 4.79 Å². The van der Waals surface area contributed by atoms with Crippen molar-refractivity contribution in [3.8, 4) is 5.75 Å². The molecule has 0 atom stereocenters. The smallest absolute Gasteiger partial charge is 0.414 e. The van der Waals surface area contributed by atoms with Crippen LogP contribution < -0.4 is 4.74 Å². The molecule has 104 valence electrons. The average Bonchev–Trinajstić information content (AvgIpc) is 2.36. The maximum atomic E-state index is 11.8. The fourth-order valence-corrected chi connectivity index (χ4v) is 1.58. The lowest BCUT2D eigenvalue weighted by atomic mass is 10.0. The summed E-state index contributed by atoms with van der Waals surface area (Å²) >= 11 is 0. The van der Waals surface area contributed by atoms with Gasteiger partial charge in [0, 0.05) is 13.6 Å². The number of hydrogen-bond donors (Lipinski definition) is 1. The van der Waals surface area contributed by atoms with Gasteiger partial charge in [0.1, 0.15) is 5.75 Å². The average molecular weight is 265 g/mol. The number of carboxylic acids is 1. The predicted octanol–water partition coefficient (Wildman–Crippen LogP) is 2.72. The van der Waals surface area contributed by atoms with Crippen molar-refractivity contribution < 1.29 is 19.4 Å². The summed E-state index contributed by atoms with van der Waals surface area (Å²) in [7, 11) is 1.52. The molecule has 0 spiro atoms. The lowest BCUT2D eigenvalue weighted by Gasteiger charge is -2.18. The molecule has 1 aromatic carbocycles. The number of nitrogens with zero attached hydrogens (tertiary/aromatic N) is 1. The molecule has 0 unspecified atom stereocenters. The number of rotatable bonds is 5. The molecule has 1 aromatic rings. The van der Waals surface area contributed by atoms with Crippen molar-refractivity contribution in [3.63, 3.8) is 0 Å². The lowest BCUT2D eigenvalue weighted by molar-refractivity contribution is -0.137. The van der Waals surface area contributed by atoms with Gasteiger partial charge in [0.25, 0.3) is 0 Å². The standard InChI is InChI=1S/C14H19NO4/c1-10(2)11-6-4-5-7-12(11)19-14(18)15(3)9-8-13(16)17/h4-7,10H,8-9H2,1-3H3,(H,16,17). The highest BCUT2D eigenvalue weighted by atomic mass is 16.6. The van der Waals surface area contributed by atoms with Gasteiger partial charge >= 0.3 is 12.1 Å². The number of benzene rings is 1. The molecular weight excluding hydrogens is 246 g/mol. The fraction of sp³-hybridized carbons (Fsp3) is 0.429. The molecule has 5 heteroatoms. The Morgan fingerprint density at radius 1 is 1.32 bits per heavy atom. The van der Waals surface area contributed by atoms with Gasteiger partial charge in [-0.1, -0.05) is 32.0 Å². The van der Waals surface area contributed by atoms with E-state index in [1.165, 1.54) is 11.9 Å². The second-order valence-corrected chi connectivity index (χ2v) is 4.63. The van der Waals surface area contributed by atoms with Gasteiger partial charge in [-0.15, -0.1) is 0 Å². The van der Waals surface area contributed by atoms with Crippen LogP contribution >= 0.6 is 0 Å². The van der Waals surface area contributed by atoms with E-state index in [0.717, 1.165) is 5.56 Å². The van der Waals surface area contributed by atoms with Gasteiger partial charge in [0.15, 0.2) is 0 Å². The van der Waals surface area contributed by atoms with Gasteiger partial charge in [-0.25, -0.2) is 4.79 Å².